The molecule has 3 aliphatic rings. The van der Waals surface area contributed by atoms with Crippen molar-refractivity contribution in [3.05, 3.63) is 49.6 Å². The summed E-state index contributed by atoms with van der Waals surface area (Å²) in [6.07, 6.45) is 6.96. The zero-order valence-corrected chi connectivity index (χ0v) is 27.3. The topological polar surface area (TPSA) is 93.6 Å². The molecular weight excluding hydrogens is 556 g/mol. The Labute approximate surface area is 263 Å². The van der Waals surface area contributed by atoms with Gasteiger partial charge in [0.2, 0.25) is 11.8 Å². The molecule has 1 aromatic carbocycles. The zero-order valence-electron chi connectivity index (χ0n) is 27.3. The number of anilines is 2. The molecule has 9 nitrogen and oxygen atoms in total. The minimum Gasteiger partial charge on any atom is -0.396 e. The molecule has 4 rings (SSSR count). The van der Waals surface area contributed by atoms with Crippen LogP contribution in [0, 0.1) is 17.8 Å². The first-order valence-electron chi connectivity index (χ1n) is 16.3. The maximum Gasteiger partial charge on any atom is 0.253 e. The van der Waals surface area contributed by atoms with Gasteiger partial charge in [0.05, 0.1) is 17.4 Å². The van der Waals surface area contributed by atoms with E-state index in [0.717, 1.165) is 37.3 Å². The predicted octanol–water partition coefficient (Wildman–Crippen LogP) is 4.26. The van der Waals surface area contributed by atoms with Gasteiger partial charge in [0, 0.05) is 57.8 Å². The third-order valence-corrected chi connectivity index (χ3v) is 10.3. The summed E-state index contributed by atoms with van der Waals surface area (Å²) in [5.74, 6) is -2.01. The molecule has 2 bridgehead atoms. The van der Waals surface area contributed by atoms with Crippen molar-refractivity contribution in [1.82, 2.24) is 9.80 Å². The van der Waals surface area contributed by atoms with Crippen LogP contribution in [0.25, 0.3) is 0 Å². The first-order valence-corrected chi connectivity index (χ1v) is 16.3. The number of carbonyl (C=O) groups is 3. The highest BCUT2D eigenvalue weighted by molar-refractivity contribution is 6.05. The monoisotopic (exact) mass is 608 g/mol. The molecule has 44 heavy (non-hydrogen) atoms. The van der Waals surface area contributed by atoms with Crippen LogP contribution in [0.2, 0.25) is 0 Å². The van der Waals surface area contributed by atoms with Crippen LogP contribution < -0.4 is 9.80 Å². The summed E-state index contributed by atoms with van der Waals surface area (Å²) in [5.41, 5.74) is -0.170. The summed E-state index contributed by atoms with van der Waals surface area (Å²) in [4.78, 5) is 50.6. The number of hydrogen-bond donors (Lipinski definition) is 1. The van der Waals surface area contributed by atoms with Gasteiger partial charge in [-0.2, -0.15) is 0 Å². The number of likely N-dealkylation sites (tertiary alicyclic amines) is 1. The molecule has 0 saturated carbocycles. The summed E-state index contributed by atoms with van der Waals surface area (Å²) in [6, 6.07) is 7.08. The van der Waals surface area contributed by atoms with E-state index in [9.17, 15) is 19.5 Å². The SMILES string of the molecule is C=CCN(C)C(=O)[C@@H]1[C@H]2C(=O)N(CCCCCCO)C(C(=O)N(CC=C)c3ccc(N(CC)CC)cc3)C23CC(C)[C@@]1(C)O3. The molecular formula is C35H52N4O5. The van der Waals surface area contributed by atoms with E-state index in [2.05, 4.69) is 38.8 Å². The molecule has 242 valence electrons. The first-order chi connectivity index (χ1) is 21.1. The highest BCUT2D eigenvalue weighted by atomic mass is 16.5. The second-order valence-corrected chi connectivity index (χ2v) is 12.8. The third-order valence-electron chi connectivity index (χ3n) is 10.3. The zero-order chi connectivity index (χ0) is 32.2. The summed E-state index contributed by atoms with van der Waals surface area (Å²) in [5, 5.41) is 9.24. The molecule has 9 heteroatoms. The maximum absolute atomic E-state index is 14.9. The fourth-order valence-corrected chi connectivity index (χ4v) is 7.93. The Morgan fingerprint density at radius 3 is 2.23 bits per heavy atom. The van der Waals surface area contributed by atoms with Gasteiger partial charge in [-0.3, -0.25) is 14.4 Å². The van der Waals surface area contributed by atoms with Crippen LogP contribution in [0.15, 0.2) is 49.6 Å². The van der Waals surface area contributed by atoms with Gasteiger partial charge >= 0.3 is 0 Å². The average molecular weight is 609 g/mol. The molecule has 3 amide bonds. The van der Waals surface area contributed by atoms with E-state index in [1.165, 1.54) is 0 Å². The normalized spacial score (nSPS) is 28.6. The van der Waals surface area contributed by atoms with Crippen LogP contribution in [0.3, 0.4) is 0 Å². The van der Waals surface area contributed by atoms with Crippen molar-refractivity contribution in [3.63, 3.8) is 0 Å². The Kier molecular flexibility index (Phi) is 10.6. The lowest BCUT2D eigenvalue weighted by Crippen LogP contribution is -2.57. The quantitative estimate of drug-likeness (QED) is 0.223. The van der Waals surface area contributed by atoms with Gasteiger partial charge in [-0.25, -0.2) is 0 Å². The van der Waals surface area contributed by atoms with Gasteiger partial charge < -0.3 is 29.4 Å². The van der Waals surface area contributed by atoms with Gasteiger partial charge in [0.25, 0.3) is 5.91 Å². The second-order valence-electron chi connectivity index (χ2n) is 12.8. The minimum absolute atomic E-state index is 0.0290. The average Bonchev–Trinajstić information content (AvgIpc) is 3.52. The van der Waals surface area contributed by atoms with Gasteiger partial charge in [0.15, 0.2) is 0 Å². The molecule has 1 aromatic rings. The lowest BCUT2D eigenvalue weighted by Gasteiger charge is -2.38. The third kappa shape index (κ3) is 5.69. The summed E-state index contributed by atoms with van der Waals surface area (Å²) >= 11 is 0. The molecule has 1 spiro atoms. The number of nitrogens with zero attached hydrogens (tertiary/aromatic N) is 4. The Hall–Kier alpha value is -3.17. The molecule has 6 atom stereocenters. The maximum atomic E-state index is 14.9. The van der Waals surface area contributed by atoms with Gasteiger partial charge in [0.1, 0.15) is 11.6 Å². The number of rotatable bonds is 16. The molecule has 0 aliphatic carbocycles. The van der Waals surface area contributed by atoms with Crippen LogP contribution in [0.4, 0.5) is 11.4 Å². The van der Waals surface area contributed by atoms with Gasteiger partial charge in [-0.1, -0.05) is 31.9 Å². The van der Waals surface area contributed by atoms with Crippen molar-refractivity contribution in [1.29, 1.82) is 0 Å². The Balaban J connectivity index is 1.76. The number of ether oxygens (including phenoxy) is 1. The second kappa shape index (κ2) is 13.9. The van der Waals surface area contributed by atoms with Gasteiger partial charge in [-0.05, 0) is 70.2 Å². The van der Waals surface area contributed by atoms with E-state index in [4.69, 9.17) is 4.74 Å². The van der Waals surface area contributed by atoms with Crippen molar-refractivity contribution in [3.8, 4) is 0 Å². The van der Waals surface area contributed by atoms with E-state index < -0.39 is 29.1 Å². The molecule has 0 aromatic heterocycles. The number of carbonyl (C=O) groups excluding carboxylic acids is 3. The van der Waals surface area contributed by atoms with Crippen molar-refractivity contribution in [2.24, 2.45) is 17.8 Å². The molecule has 3 fully saturated rings. The Morgan fingerprint density at radius 1 is 1.02 bits per heavy atom. The molecule has 1 N–H and O–H groups in total. The number of aliphatic hydroxyl groups is 1. The summed E-state index contributed by atoms with van der Waals surface area (Å²) in [6.45, 7) is 18.9. The van der Waals surface area contributed by atoms with E-state index in [1.807, 2.05) is 31.2 Å². The van der Waals surface area contributed by atoms with Crippen LogP contribution in [-0.2, 0) is 19.1 Å². The number of aliphatic hydroxyl groups excluding tert-OH is 1. The minimum atomic E-state index is -1.11. The molecule has 0 radical (unpaired) electrons. The van der Waals surface area contributed by atoms with Crippen molar-refractivity contribution < 1.29 is 24.2 Å². The van der Waals surface area contributed by atoms with Crippen molar-refractivity contribution in [2.45, 2.75) is 77.0 Å². The highest BCUT2D eigenvalue weighted by Gasteiger charge is 2.80. The molecule has 3 aliphatic heterocycles. The van der Waals surface area contributed by atoms with E-state index in [-0.39, 0.29) is 36.8 Å². The van der Waals surface area contributed by atoms with Crippen molar-refractivity contribution >= 4 is 29.1 Å². The van der Waals surface area contributed by atoms with E-state index >= 15 is 0 Å². The smallest absolute Gasteiger partial charge is 0.253 e. The number of likely N-dealkylation sites (N-methyl/N-ethyl adjacent to an activating group) is 1. The number of amides is 3. The van der Waals surface area contributed by atoms with Crippen LogP contribution in [0.5, 0.6) is 0 Å². The van der Waals surface area contributed by atoms with E-state index in [1.54, 1.807) is 33.9 Å². The van der Waals surface area contributed by atoms with E-state index in [0.29, 0.717) is 32.4 Å². The summed E-state index contributed by atoms with van der Waals surface area (Å²) < 4.78 is 6.92. The largest absolute Gasteiger partial charge is 0.396 e. The molecule has 3 saturated heterocycles. The number of fused-ring (bicyclic) bond motifs is 1. The van der Waals surface area contributed by atoms with Crippen LogP contribution in [-0.4, -0.2) is 96.3 Å². The Morgan fingerprint density at radius 2 is 1.64 bits per heavy atom. The number of benzene rings is 1. The van der Waals surface area contributed by atoms with Crippen molar-refractivity contribution in [2.75, 3.05) is 56.2 Å². The lowest BCUT2D eigenvalue weighted by atomic mass is 9.62. The Bertz CT molecular complexity index is 1220. The fourth-order valence-electron chi connectivity index (χ4n) is 7.93. The summed E-state index contributed by atoms with van der Waals surface area (Å²) in [7, 11) is 1.73. The van der Waals surface area contributed by atoms with Crippen LogP contribution >= 0.6 is 0 Å². The van der Waals surface area contributed by atoms with Gasteiger partial charge in [-0.15, -0.1) is 13.2 Å². The number of unbranched alkanes of at least 4 members (excludes halogenated alkanes) is 3. The lowest BCUT2D eigenvalue weighted by molar-refractivity contribution is -0.150. The predicted molar refractivity (Wildman–Crippen MR) is 174 cm³/mol. The highest BCUT2D eigenvalue weighted by Crippen LogP contribution is 2.65. The molecule has 3 unspecified atom stereocenters. The number of hydrogen-bond acceptors (Lipinski definition) is 6. The standard InChI is InChI=1S/C35H52N4O5/c1-8-20-36(7)31(41)28-29-32(42)39(22-14-12-13-15-23-40)30(35(29)24-25(5)34(28,6)44-35)33(43)38(21-9-2)27-18-16-26(17-19-27)37(10-3)11-4/h8-9,16-19,25,28-30,40H,1-2,10-15,20-24H2,3-7H3/t25?,28-,29-,30?,34+,35?/m0/s1. The first kappa shape index (κ1) is 33.7. The fraction of sp³-hybridized carbons (Fsp3) is 0.629. The molecule has 3 heterocycles. The van der Waals surface area contributed by atoms with Crippen LogP contribution in [0.1, 0.15) is 59.8 Å².